The minimum absolute atomic E-state index is 0.0426. The van der Waals surface area contributed by atoms with E-state index in [1.54, 1.807) is 6.07 Å². The maximum Gasteiger partial charge on any atom is 0.129 e. The highest BCUT2D eigenvalue weighted by Gasteiger charge is 2.20. The minimum atomic E-state index is -1.27. The van der Waals surface area contributed by atoms with Crippen molar-refractivity contribution in [2.75, 3.05) is 5.75 Å². The molecule has 0 saturated carbocycles. The van der Waals surface area contributed by atoms with Crippen LogP contribution in [-0.4, -0.2) is 22.1 Å². The lowest BCUT2D eigenvalue weighted by Crippen LogP contribution is -2.19. The van der Waals surface area contributed by atoms with Gasteiger partial charge < -0.3 is 10.2 Å². The highest BCUT2D eigenvalue weighted by atomic mass is 32.1. The molecule has 0 bridgehead atoms. The van der Waals surface area contributed by atoms with Crippen molar-refractivity contribution in [1.82, 2.24) is 0 Å². The average Bonchev–Trinajstić information content (AvgIpc) is 2.29. The number of rotatable bonds is 5. The lowest BCUT2D eigenvalue weighted by atomic mass is 10.00. The predicted octanol–water partition coefficient (Wildman–Crippen LogP) is 1.61. The van der Waals surface area contributed by atoms with Crippen molar-refractivity contribution in [2.45, 2.75) is 25.0 Å². The fourth-order valence-electron chi connectivity index (χ4n) is 1.51. The van der Waals surface area contributed by atoms with Gasteiger partial charge >= 0.3 is 0 Å². The molecular formula is C12H14FNO2S. The molecule has 92 valence electrons. The van der Waals surface area contributed by atoms with Crippen molar-refractivity contribution < 1.29 is 14.6 Å². The van der Waals surface area contributed by atoms with Crippen LogP contribution >= 0.6 is 12.6 Å². The van der Waals surface area contributed by atoms with Crippen LogP contribution in [0.15, 0.2) is 18.2 Å². The van der Waals surface area contributed by atoms with E-state index in [4.69, 9.17) is 5.26 Å². The molecule has 0 amide bonds. The van der Waals surface area contributed by atoms with Gasteiger partial charge in [0.25, 0.3) is 0 Å². The molecular weight excluding hydrogens is 241 g/mol. The molecule has 2 atom stereocenters. The minimum Gasteiger partial charge on any atom is -0.390 e. The Morgan fingerprint density at radius 2 is 2.12 bits per heavy atom. The number of nitriles is 1. The molecule has 0 fully saturated rings. The molecule has 1 aromatic carbocycles. The summed E-state index contributed by atoms with van der Waals surface area (Å²) in [7, 11) is 0. The number of halogens is 1. The summed E-state index contributed by atoms with van der Waals surface area (Å²) < 4.78 is 13.6. The third-order valence-corrected chi connectivity index (χ3v) is 2.71. The van der Waals surface area contributed by atoms with Gasteiger partial charge in [0, 0.05) is 5.56 Å². The molecule has 5 heteroatoms. The van der Waals surface area contributed by atoms with Gasteiger partial charge in [-0.05, 0) is 23.8 Å². The van der Waals surface area contributed by atoms with Crippen molar-refractivity contribution in [1.29, 1.82) is 5.26 Å². The van der Waals surface area contributed by atoms with Crippen molar-refractivity contribution in [3.8, 4) is 6.07 Å². The molecule has 17 heavy (non-hydrogen) atoms. The van der Waals surface area contributed by atoms with E-state index < -0.39 is 18.0 Å². The Bertz CT molecular complexity index is 419. The Morgan fingerprint density at radius 1 is 1.41 bits per heavy atom. The fraction of sp³-hybridized carbons (Fsp3) is 0.417. The van der Waals surface area contributed by atoms with Crippen molar-refractivity contribution in [2.24, 2.45) is 0 Å². The van der Waals surface area contributed by atoms with Gasteiger partial charge in [0.2, 0.25) is 0 Å². The largest absolute Gasteiger partial charge is 0.390 e. The molecule has 0 aliphatic rings. The summed E-state index contributed by atoms with van der Waals surface area (Å²) in [4.78, 5) is 0. The lowest BCUT2D eigenvalue weighted by molar-refractivity contribution is 0.0151. The van der Waals surface area contributed by atoms with Crippen LogP contribution in [0.4, 0.5) is 4.39 Å². The average molecular weight is 255 g/mol. The number of benzene rings is 1. The Labute approximate surface area is 105 Å². The molecule has 0 aliphatic heterocycles. The normalized spacial score (nSPS) is 14.1. The standard InChI is InChI=1S/C12H14FNO2S/c13-10-7-8(3-5-14)1-2-9(10)12(16)11(15)4-6-17/h1-2,7,11-12,15-17H,3-4,6H2. The van der Waals surface area contributed by atoms with Crippen LogP contribution in [0.25, 0.3) is 0 Å². The first-order valence-corrected chi connectivity index (χ1v) is 5.85. The number of thiol groups is 1. The lowest BCUT2D eigenvalue weighted by Gasteiger charge is -2.18. The molecule has 0 radical (unpaired) electrons. The molecule has 1 rings (SSSR count). The first-order valence-electron chi connectivity index (χ1n) is 5.22. The van der Waals surface area contributed by atoms with Gasteiger partial charge in [-0.2, -0.15) is 17.9 Å². The number of hydrogen-bond acceptors (Lipinski definition) is 4. The number of aliphatic hydroxyl groups is 2. The summed E-state index contributed by atoms with van der Waals surface area (Å²) in [5.74, 6) is -0.199. The van der Waals surface area contributed by atoms with Crippen LogP contribution in [0.2, 0.25) is 0 Å². The first-order chi connectivity index (χ1) is 8.10. The quantitative estimate of drug-likeness (QED) is 0.700. The van der Waals surface area contributed by atoms with Gasteiger partial charge in [-0.15, -0.1) is 0 Å². The first kappa shape index (κ1) is 14.0. The second-order valence-corrected chi connectivity index (χ2v) is 4.16. The van der Waals surface area contributed by atoms with Crippen molar-refractivity contribution in [3.63, 3.8) is 0 Å². The van der Waals surface area contributed by atoms with E-state index in [0.29, 0.717) is 11.3 Å². The summed E-state index contributed by atoms with van der Waals surface area (Å²) in [6.07, 6.45) is -1.90. The molecule has 2 unspecified atom stereocenters. The van der Waals surface area contributed by atoms with E-state index >= 15 is 0 Å². The van der Waals surface area contributed by atoms with Gasteiger partial charge in [-0.1, -0.05) is 12.1 Å². The Balaban J connectivity index is 2.88. The third-order valence-electron chi connectivity index (χ3n) is 2.46. The molecule has 2 N–H and O–H groups in total. The molecule has 0 aromatic heterocycles. The predicted molar refractivity (Wildman–Crippen MR) is 65.2 cm³/mol. The van der Waals surface area contributed by atoms with E-state index in [0.717, 1.165) is 0 Å². The smallest absolute Gasteiger partial charge is 0.129 e. The van der Waals surface area contributed by atoms with Gasteiger partial charge in [-0.25, -0.2) is 4.39 Å². The zero-order valence-corrected chi connectivity index (χ0v) is 10.1. The van der Waals surface area contributed by atoms with E-state index in [2.05, 4.69) is 12.6 Å². The van der Waals surface area contributed by atoms with Crippen LogP contribution in [-0.2, 0) is 6.42 Å². The van der Waals surface area contributed by atoms with Gasteiger partial charge in [0.1, 0.15) is 11.9 Å². The monoisotopic (exact) mass is 255 g/mol. The van der Waals surface area contributed by atoms with E-state index in [1.807, 2.05) is 6.07 Å². The number of nitrogens with zero attached hydrogens (tertiary/aromatic N) is 1. The third kappa shape index (κ3) is 3.70. The summed E-state index contributed by atoms with van der Waals surface area (Å²) in [5, 5.41) is 27.8. The van der Waals surface area contributed by atoms with Crippen molar-refractivity contribution in [3.05, 3.63) is 35.1 Å². The van der Waals surface area contributed by atoms with Crippen molar-refractivity contribution >= 4 is 12.6 Å². The van der Waals surface area contributed by atoms with Crippen LogP contribution in [0.3, 0.4) is 0 Å². The number of aliphatic hydroxyl groups excluding tert-OH is 2. The fourth-order valence-corrected chi connectivity index (χ4v) is 1.77. The van der Waals surface area contributed by atoms with Crippen LogP contribution in [0.1, 0.15) is 23.7 Å². The SMILES string of the molecule is N#CCc1ccc(C(O)C(O)CCS)c(F)c1. The zero-order chi connectivity index (χ0) is 12.8. The molecule has 1 aromatic rings. The van der Waals surface area contributed by atoms with Gasteiger partial charge in [-0.3, -0.25) is 0 Å². The molecule has 3 nitrogen and oxygen atoms in total. The van der Waals surface area contributed by atoms with E-state index in [1.165, 1.54) is 12.1 Å². The molecule has 0 aliphatic carbocycles. The van der Waals surface area contributed by atoms with Gasteiger partial charge in [0.05, 0.1) is 18.6 Å². The Morgan fingerprint density at radius 3 is 2.65 bits per heavy atom. The van der Waals surface area contributed by atoms with Crippen LogP contribution < -0.4 is 0 Å². The second kappa shape index (κ2) is 6.60. The highest BCUT2D eigenvalue weighted by molar-refractivity contribution is 7.80. The summed E-state index contributed by atoms with van der Waals surface area (Å²) in [5.41, 5.74) is 0.589. The topological polar surface area (TPSA) is 64.2 Å². The van der Waals surface area contributed by atoms with Crippen LogP contribution in [0.5, 0.6) is 0 Å². The Kier molecular flexibility index (Phi) is 5.42. The van der Waals surface area contributed by atoms with Crippen LogP contribution in [0, 0.1) is 17.1 Å². The highest BCUT2D eigenvalue weighted by Crippen LogP contribution is 2.23. The summed E-state index contributed by atoms with van der Waals surface area (Å²) in [6, 6.07) is 6.08. The second-order valence-electron chi connectivity index (χ2n) is 3.72. The maximum atomic E-state index is 13.6. The van der Waals surface area contributed by atoms with E-state index in [9.17, 15) is 14.6 Å². The molecule has 0 saturated heterocycles. The molecule has 0 spiro atoms. The molecule has 0 heterocycles. The summed E-state index contributed by atoms with van der Waals surface area (Å²) in [6.45, 7) is 0. The summed E-state index contributed by atoms with van der Waals surface area (Å²) >= 11 is 3.94. The van der Waals surface area contributed by atoms with Gasteiger partial charge in [0.15, 0.2) is 0 Å². The number of hydrogen-bond donors (Lipinski definition) is 3. The maximum absolute atomic E-state index is 13.6. The van der Waals surface area contributed by atoms with E-state index in [-0.39, 0.29) is 18.4 Å². The Hall–Kier alpha value is -1.09. The zero-order valence-electron chi connectivity index (χ0n) is 9.17.